The summed E-state index contributed by atoms with van der Waals surface area (Å²) in [6.45, 7) is 0. The number of hydrogen-bond donors (Lipinski definition) is 0. The van der Waals surface area contributed by atoms with Crippen LogP contribution in [0.15, 0.2) is 4.90 Å². The van der Waals surface area contributed by atoms with Crippen LogP contribution in [0, 0.1) is 39.1 Å². The van der Waals surface area contributed by atoms with Gasteiger partial charge < -0.3 is 0 Å². The van der Waals surface area contributed by atoms with E-state index < -0.39 is 47.2 Å². The first-order valence-corrected chi connectivity index (χ1v) is 13.0. The third kappa shape index (κ3) is 3.42. The first-order valence-electron chi connectivity index (χ1n) is 4.85. The van der Waals surface area contributed by atoms with E-state index in [1.807, 2.05) is 17.3 Å². The Morgan fingerprint density at radius 2 is 1.17 bits per heavy atom. The summed E-state index contributed by atoms with van der Waals surface area (Å²) < 4.78 is 67.7. The molecule has 0 aliphatic heterocycles. The van der Waals surface area contributed by atoms with Crippen LogP contribution in [-0.4, -0.2) is 13.3 Å². The minimum atomic E-state index is -2.24. The SMILES string of the molecule is [CH3][Ge]([CH3])([CH3])[C]#CSc1c(F)c(F)c(F)c(F)c1F. The molecule has 0 radical (unpaired) electrons. The third-order valence-corrected chi connectivity index (χ3v) is 4.73. The van der Waals surface area contributed by atoms with Gasteiger partial charge in [0, 0.05) is 0 Å². The molecule has 0 aromatic heterocycles. The maximum atomic E-state index is 13.2. The van der Waals surface area contributed by atoms with E-state index in [-0.39, 0.29) is 0 Å². The Morgan fingerprint density at radius 1 is 0.778 bits per heavy atom. The fourth-order valence-corrected chi connectivity index (χ4v) is 3.97. The van der Waals surface area contributed by atoms with Crippen molar-refractivity contribution in [3.05, 3.63) is 29.1 Å². The standard InChI is InChI=1S/C11H9F5GeS/c1-17(2,3)4-5-18-11-9(15)7(13)6(12)8(14)10(11)16/h1-3H3. The van der Waals surface area contributed by atoms with Gasteiger partial charge in [0.15, 0.2) is 0 Å². The van der Waals surface area contributed by atoms with E-state index in [4.69, 9.17) is 0 Å². The zero-order chi connectivity index (χ0) is 14.1. The van der Waals surface area contributed by atoms with Gasteiger partial charge in [-0.15, -0.1) is 0 Å². The molecule has 0 nitrogen and oxygen atoms in total. The quantitative estimate of drug-likeness (QED) is 0.183. The van der Waals surface area contributed by atoms with Crippen LogP contribution in [-0.2, 0) is 0 Å². The van der Waals surface area contributed by atoms with Gasteiger partial charge in [-0.1, -0.05) is 0 Å². The van der Waals surface area contributed by atoms with Crippen LogP contribution in [0.3, 0.4) is 0 Å². The summed E-state index contributed by atoms with van der Waals surface area (Å²) in [6.07, 6.45) is 0. The molecule has 0 spiro atoms. The van der Waals surface area contributed by atoms with E-state index in [0.717, 1.165) is 0 Å². The molecule has 1 rings (SSSR count). The fourth-order valence-electron chi connectivity index (χ4n) is 0.904. The predicted molar refractivity (Wildman–Crippen MR) is 63.2 cm³/mol. The van der Waals surface area contributed by atoms with Crippen LogP contribution >= 0.6 is 11.8 Å². The topological polar surface area (TPSA) is 0 Å². The molecule has 1 aromatic carbocycles. The second-order valence-electron chi connectivity index (χ2n) is 4.48. The van der Waals surface area contributed by atoms with Gasteiger partial charge in [0.1, 0.15) is 0 Å². The average Bonchev–Trinajstić information content (AvgIpc) is 2.27. The van der Waals surface area contributed by atoms with Crippen molar-refractivity contribution >= 4 is 25.0 Å². The zero-order valence-electron chi connectivity index (χ0n) is 9.80. The van der Waals surface area contributed by atoms with Crippen molar-refractivity contribution in [1.82, 2.24) is 0 Å². The second kappa shape index (κ2) is 5.53. The van der Waals surface area contributed by atoms with E-state index in [2.05, 4.69) is 10.0 Å². The van der Waals surface area contributed by atoms with Crippen molar-refractivity contribution in [3.8, 4) is 10.0 Å². The Morgan fingerprint density at radius 3 is 1.56 bits per heavy atom. The Bertz CT molecular complexity index is 510. The number of benzene rings is 1. The van der Waals surface area contributed by atoms with Crippen molar-refractivity contribution in [2.75, 3.05) is 0 Å². The van der Waals surface area contributed by atoms with Gasteiger partial charge in [-0.2, -0.15) is 0 Å². The van der Waals surface area contributed by atoms with Gasteiger partial charge in [0.25, 0.3) is 0 Å². The van der Waals surface area contributed by atoms with Crippen LogP contribution in [0.2, 0.25) is 17.3 Å². The van der Waals surface area contributed by atoms with Crippen LogP contribution < -0.4 is 0 Å². The van der Waals surface area contributed by atoms with E-state index in [0.29, 0.717) is 11.8 Å². The summed E-state index contributed by atoms with van der Waals surface area (Å²) >= 11 is -1.91. The van der Waals surface area contributed by atoms with Crippen LogP contribution in [0.4, 0.5) is 22.0 Å². The molecule has 98 valence electrons. The molecule has 0 fully saturated rings. The average molecular weight is 341 g/mol. The van der Waals surface area contributed by atoms with Gasteiger partial charge >= 0.3 is 108 Å². The van der Waals surface area contributed by atoms with Crippen LogP contribution in [0.25, 0.3) is 0 Å². The molecule has 18 heavy (non-hydrogen) atoms. The molecule has 0 unspecified atom stereocenters. The molecule has 0 amide bonds. The molecular formula is C11H9F5GeS. The molecule has 0 saturated carbocycles. The van der Waals surface area contributed by atoms with Crippen LogP contribution in [0.1, 0.15) is 0 Å². The second-order valence-corrected chi connectivity index (χ2v) is 15.3. The molecular weight excluding hydrogens is 332 g/mol. The van der Waals surface area contributed by atoms with Gasteiger partial charge in [-0.3, -0.25) is 0 Å². The number of rotatable bonds is 1. The maximum absolute atomic E-state index is 13.2. The van der Waals surface area contributed by atoms with Crippen LogP contribution in [0.5, 0.6) is 0 Å². The Kier molecular flexibility index (Phi) is 4.73. The zero-order valence-corrected chi connectivity index (χ0v) is 12.7. The summed E-state index contributed by atoms with van der Waals surface area (Å²) in [5.41, 5.74) is 0. The van der Waals surface area contributed by atoms with Crippen molar-refractivity contribution in [2.45, 2.75) is 22.2 Å². The first kappa shape index (κ1) is 15.4. The normalized spacial score (nSPS) is 11.1. The molecule has 0 N–H and O–H groups in total. The van der Waals surface area contributed by atoms with E-state index in [1.54, 1.807) is 0 Å². The number of halogens is 5. The Balaban J connectivity index is 3.22. The summed E-state index contributed by atoms with van der Waals surface area (Å²) in [5.74, 6) is -3.93. The Labute approximate surface area is 108 Å². The van der Waals surface area contributed by atoms with Crippen molar-refractivity contribution in [1.29, 1.82) is 0 Å². The molecule has 0 heterocycles. The number of hydrogen-bond acceptors (Lipinski definition) is 1. The molecule has 0 aliphatic rings. The predicted octanol–water partition coefficient (Wildman–Crippen LogP) is 4.31. The van der Waals surface area contributed by atoms with Crippen molar-refractivity contribution < 1.29 is 22.0 Å². The summed E-state index contributed by atoms with van der Waals surface area (Å²) in [7, 11) is 0. The third-order valence-electron chi connectivity index (χ3n) is 1.75. The van der Waals surface area contributed by atoms with Gasteiger partial charge in [0.2, 0.25) is 0 Å². The van der Waals surface area contributed by atoms with Crippen molar-refractivity contribution in [2.24, 2.45) is 0 Å². The monoisotopic (exact) mass is 342 g/mol. The Hall–Kier alpha value is -0.677. The summed E-state index contributed by atoms with van der Waals surface area (Å²) in [6, 6.07) is 0. The molecule has 0 saturated heterocycles. The van der Waals surface area contributed by atoms with E-state index in [9.17, 15) is 22.0 Å². The minimum absolute atomic E-state index is 0.327. The summed E-state index contributed by atoms with van der Waals surface area (Å²) in [5, 5.41) is 2.41. The molecule has 0 aliphatic carbocycles. The van der Waals surface area contributed by atoms with Crippen molar-refractivity contribution in [3.63, 3.8) is 0 Å². The van der Waals surface area contributed by atoms with E-state index in [1.165, 1.54) is 0 Å². The first-order chi connectivity index (χ1) is 8.15. The van der Waals surface area contributed by atoms with E-state index >= 15 is 0 Å². The van der Waals surface area contributed by atoms with Gasteiger partial charge in [0.05, 0.1) is 0 Å². The fraction of sp³-hybridized carbons (Fsp3) is 0.273. The summed E-state index contributed by atoms with van der Waals surface area (Å²) in [4.78, 5) is -0.953. The molecule has 0 atom stereocenters. The molecule has 7 heteroatoms. The molecule has 0 bridgehead atoms. The van der Waals surface area contributed by atoms with Gasteiger partial charge in [-0.25, -0.2) is 0 Å². The van der Waals surface area contributed by atoms with Gasteiger partial charge in [-0.05, 0) is 0 Å². The number of thioether (sulfide) groups is 1. The molecule has 1 aromatic rings.